The van der Waals surface area contributed by atoms with Gasteiger partial charge in [0, 0.05) is 12.6 Å². The van der Waals surface area contributed by atoms with E-state index in [9.17, 15) is 0 Å². The second kappa shape index (κ2) is 3.35. The highest BCUT2D eigenvalue weighted by Gasteiger charge is 2.24. The van der Waals surface area contributed by atoms with Crippen molar-refractivity contribution in [2.24, 2.45) is 0 Å². The Bertz CT molecular complexity index is 101. The van der Waals surface area contributed by atoms with E-state index in [-0.39, 0.29) is 0 Å². The number of nitrogens with zero attached hydrogens (tertiary/aromatic N) is 1. The van der Waals surface area contributed by atoms with Crippen molar-refractivity contribution in [2.45, 2.75) is 38.9 Å². The van der Waals surface area contributed by atoms with Crippen molar-refractivity contribution < 1.29 is 0 Å². The molecule has 1 N–H and O–H groups in total. The number of nitrogens with one attached hydrogen (secondary N) is 1. The van der Waals surface area contributed by atoms with Gasteiger partial charge in [0.05, 0.1) is 6.17 Å². The zero-order chi connectivity index (χ0) is 7.56. The van der Waals surface area contributed by atoms with E-state index in [2.05, 4.69) is 24.1 Å². The van der Waals surface area contributed by atoms with Crippen molar-refractivity contribution in [3.8, 4) is 0 Å². The average molecular weight is 142 g/mol. The smallest absolute Gasteiger partial charge is 0.0597 e. The standard InChI is InChI=1S/C8H18N2/c1-7(2)10-6-4-5-8(10)9-3/h7-9H,4-6H2,1-3H3. The minimum absolute atomic E-state index is 0.639. The van der Waals surface area contributed by atoms with E-state index in [0.717, 1.165) is 0 Å². The van der Waals surface area contributed by atoms with Gasteiger partial charge in [-0.15, -0.1) is 0 Å². The van der Waals surface area contributed by atoms with Gasteiger partial charge in [0.15, 0.2) is 0 Å². The maximum atomic E-state index is 3.32. The first kappa shape index (κ1) is 8.02. The lowest BCUT2D eigenvalue weighted by Crippen LogP contribution is -2.42. The molecule has 0 aliphatic carbocycles. The second-order valence-corrected chi connectivity index (χ2v) is 3.28. The highest BCUT2D eigenvalue weighted by Crippen LogP contribution is 2.16. The van der Waals surface area contributed by atoms with E-state index in [1.54, 1.807) is 0 Å². The molecule has 1 saturated heterocycles. The monoisotopic (exact) mass is 142 g/mol. The van der Waals surface area contributed by atoms with Crippen molar-refractivity contribution in [3.05, 3.63) is 0 Å². The maximum Gasteiger partial charge on any atom is 0.0597 e. The molecule has 1 unspecified atom stereocenters. The quantitative estimate of drug-likeness (QED) is 0.619. The summed E-state index contributed by atoms with van der Waals surface area (Å²) < 4.78 is 0. The Hall–Kier alpha value is -0.0800. The number of rotatable bonds is 2. The molecule has 0 spiro atoms. The molecule has 0 bridgehead atoms. The minimum Gasteiger partial charge on any atom is -0.305 e. The van der Waals surface area contributed by atoms with Crippen LogP contribution in [0.1, 0.15) is 26.7 Å². The fourth-order valence-electron chi connectivity index (χ4n) is 1.72. The van der Waals surface area contributed by atoms with E-state index < -0.39 is 0 Å². The van der Waals surface area contributed by atoms with Gasteiger partial charge in [0.2, 0.25) is 0 Å². The van der Waals surface area contributed by atoms with Gasteiger partial charge in [0.25, 0.3) is 0 Å². The lowest BCUT2D eigenvalue weighted by molar-refractivity contribution is 0.183. The van der Waals surface area contributed by atoms with Gasteiger partial charge in [0.1, 0.15) is 0 Å². The Balaban J connectivity index is 2.42. The first-order valence-corrected chi connectivity index (χ1v) is 4.18. The Morgan fingerprint density at radius 2 is 2.20 bits per heavy atom. The third-order valence-electron chi connectivity index (χ3n) is 2.29. The summed E-state index contributed by atoms with van der Waals surface area (Å²) in [4.78, 5) is 2.51. The van der Waals surface area contributed by atoms with Crippen molar-refractivity contribution in [1.29, 1.82) is 0 Å². The predicted octanol–water partition coefficient (Wildman–Crippen LogP) is 1.04. The SMILES string of the molecule is CNC1CCCN1C(C)C. The first-order chi connectivity index (χ1) is 4.75. The van der Waals surface area contributed by atoms with Gasteiger partial charge in [-0.3, -0.25) is 4.90 Å². The molecule has 1 rings (SSSR count). The third kappa shape index (κ3) is 1.50. The topological polar surface area (TPSA) is 15.3 Å². The summed E-state index contributed by atoms with van der Waals surface area (Å²) in [6.45, 7) is 5.79. The van der Waals surface area contributed by atoms with Crippen LogP contribution in [0.25, 0.3) is 0 Å². The summed E-state index contributed by atoms with van der Waals surface area (Å²) in [6, 6.07) is 0.694. The van der Waals surface area contributed by atoms with Crippen LogP contribution in [-0.2, 0) is 0 Å². The molecule has 0 aromatic rings. The molecule has 1 aliphatic rings. The molecule has 10 heavy (non-hydrogen) atoms. The van der Waals surface area contributed by atoms with E-state index in [1.807, 2.05) is 7.05 Å². The Morgan fingerprint density at radius 3 is 2.60 bits per heavy atom. The molecular weight excluding hydrogens is 124 g/mol. The molecule has 0 amide bonds. The van der Waals surface area contributed by atoms with Gasteiger partial charge in [-0.25, -0.2) is 0 Å². The second-order valence-electron chi connectivity index (χ2n) is 3.28. The van der Waals surface area contributed by atoms with Crippen LogP contribution < -0.4 is 5.32 Å². The van der Waals surface area contributed by atoms with Crippen molar-refractivity contribution in [2.75, 3.05) is 13.6 Å². The van der Waals surface area contributed by atoms with Gasteiger partial charge in [-0.05, 0) is 33.7 Å². The van der Waals surface area contributed by atoms with Crippen molar-refractivity contribution in [1.82, 2.24) is 10.2 Å². The summed E-state index contributed by atoms with van der Waals surface area (Å²) in [5.74, 6) is 0. The van der Waals surface area contributed by atoms with E-state index in [1.165, 1.54) is 19.4 Å². The highest BCUT2D eigenvalue weighted by atomic mass is 15.3. The number of hydrogen-bond donors (Lipinski definition) is 1. The minimum atomic E-state index is 0.639. The zero-order valence-corrected chi connectivity index (χ0v) is 7.22. The Morgan fingerprint density at radius 1 is 1.50 bits per heavy atom. The van der Waals surface area contributed by atoms with E-state index >= 15 is 0 Å². The van der Waals surface area contributed by atoms with Crippen LogP contribution in [-0.4, -0.2) is 30.7 Å². The van der Waals surface area contributed by atoms with Gasteiger partial charge in [-0.1, -0.05) is 0 Å². The molecule has 0 aromatic carbocycles. The molecule has 0 aromatic heterocycles. The van der Waals surface area contributed by atoms with Crippen LogP contribution in [0.2, 0.25) is 0 Å². The number of likely N-dealkylation sites (tertiary alicyclic amines) is 1. The van der Waals surface area contributed by atoms with Crippen LogP contribution in [0.3, 0.4) is 0 Å². The largest absolute Gasteiger partial charge is 0.305 e. The van der Waals surface area contributed by atoms with Crippen LogP contribution in [0.5, 0.6) is 0 Å². The molecule has 1 fully saturated rings. The van der Waals surface area contributed by atoms with Crippen molar-refractivity contribution in [3.63, 3.8) is 0 Å². The summed E-state index contributed by atoms with van der Waals surface area (Å²) >= 11 is 0. The van der Waals surface area contributed by atoms with Crippen molar-refractivity contribution >= 4 is 0 Å². The summed E-state index contributed by atoms with van der Waals surface area (Å²) in [5, 5.41) is 3.32. The van der Waals surface area contributed by atoms with Crippen LogP contribution in [0.15, 0.2) is 0 Å². The lowest BCUT2D eigenvalue weighted by Gasteiger charge is -2.27. The fourth-order valence-corrected chi connectivity index (χ4v) is 1.72. The molecule has 1 atom stereocenters. The molecular formula is C8H18N2. The summed E-state index contributed by atoms with van der Waals surface area (Å²) in [6.07, 6.45) is 3.30. The molecule has 0 radical (unpaired) electrons. The zero-order valence-electron chi connectivity index (χ0n) is 7.22. The van der Waals surface area contributed by atoms with Gasteiger partial charge >= 0.3 is 0 Å². The molecule has 60 valence electrons. The van der Waals surface area contributed by atoms with Crippen LogP contribution >= 0.6 is 0 Å². The molecule has 2 nitrogen and oxygen atoms in total. The Labute approximate surface area is 63.6 Å². The predicted molar refractivity (Wildman–Crippen MR) is 43.9 cm³/mol. The molecule has 1 heterocycles. The average Bonchev–Trinajstić information content (AvgIpc) is 2.33. The maximum absolute atomic E-state index is 3.32. The van der Waals surface area contributed by atoms with Crippen LogP contribution in [0.4, 0.5) is 0 Å². The summed E-state index contributed by atoms with van der Waals surface area (Å²) in [5.41, 5.74) is 0. The molecule has 2 heteroatoms. The number of hydrogen-bond acceptors (Lipinski definition) is 2. The molecule has 1 aliphatic heterocycles. The van der Waals surface area contributed by atoms with E-state index in [0.29, 0.717) is 12.2 Å². The van der Waals surface area contributed by atoms with E-state index in [4.69, 9.17) is 0 Å². The third-order valence-corrected chi connectivity index (χ3v) is 2.29. The van der Waals surface area contributed by atoms with Crippen LogP contribution in [0, 0.1) is 0 Å². The first-order valence-electron chi connectivity index (χ1n) is 4.18. The van der Waals surface area contributed by atoms with Gasteiger partial charge < -0.3 is 5.32 Å². The molecule has 0 saturated carbocycles. The fraction of sp³-hybridized carbons (Fsp3) is 1.00. The Kier molecular flexibility index (Phi) is 2.69. The normalized spacial score (nSPS) is 28.2. The summed E-state index contributed by atoms with van der Waals surface area (Å²) in [7, 11) is 2.05. The lowest BCUT2D eigenvalue weighted by atomic mass is 10.3. The van der Waals surface area contributed by atoms with Gasteiger partial charge in [-0.2, -0.15) is 0 Å². The highest BCUT2D eigenvalue weighted by molar-refractivity contribution is 4.78.